The molecule has 0 spiro atoms. The van der Waals surface area contributed by atoms with Crippen LogP contribution in [0, 0.1) is 6.92 Å². The van der Waals surface area contributed by atoms with Gasteiger partial charge in [0.1, 0.15) is 5.75 Å². The zero-order valence-corrected chi connectivity index (χ0v) is 15.0. The fourth-order valence-corrected chi connectivity index (χ4v) is 3.31. The van der Waals surface area contributed by atoms with Crippen LogP contribution < -0.4 is 9.64 Å². The molecule has 2 aromatic rings. The zero-order valence-electron chi connectivity index (χ0n) is 15.0. The number of hydrogen-bond donors (Lipinski definition) is 1. The van der Waals surface area contributed by atoms with Crippen LogP contribution in [0.3, 0.4) is 0 Å². The van der Waals surface area contributed by atoms with E-state index < -0.39 is 17.7 Å². The number of para-hydroxylation sites is 1. The lowest BCUT2D eigenvalue weighted by Crippen LogP contribution is -2.31. The maximum absolute atomic E-state index is 12.9. The molecule has 1 N–H and O–H groups in total. The summed E-state index contributed by atoms with van der Waals surface area (Å²) in [5.74, 6) is -0.779. The van der Waals surface area contributed by atoms with Gasteiger partial charge in [0.05, 0.1) is 18.7 Å². The predicted octanol–water partition coefficient (Wildman–Crippen LogP) is 3.88. The average molecular weight is 351 g/mol. The Kier molecular flexibility index (Phi) is 4.80. The van der Waals surface area contributed by atoms with Crippen molar-refractivity contribution in [1.29, 1.82) is 0 Å². The Bertz CT molecular complexity index is 900. The van der Waals surface area contributed by atoms with Crippen LogP contribution >= 0.6 is 0 Å². The van der Waals surface area contributed by atoms with Gasteiger partial charge in [-0.25, -0.2) is 0 Å². The lowest BCUT2D eigenvalue weighted by molar-refractivity contribution is -0.118. The van der Waals surface area contributed by atoms with E-state index in [1.54, 1.807) is 25.1 Å². The Labute approximate surface area is 152 Å². The first-order chi connectivity index (χ1) is 12.5. The molecular formula is C21H21NO4. The molecule has 0 radical (unpaired) electrons. The summed E-state index contributed by atoms with van der Waals surface area (Å²) in [7, 11) is 1.54. The van der Waals surface area contributed by atoms with Gasteiger partial charge < -0.3 is 9.84 Å². The number of methoxy groups -OCH3 is 1. The van der Waals surface area contributed by atoms with Gasteiger partial charge in [0.2, 0.25) is 0 Å². The van der Waals surface area contributed by atoms with Gasteiger partial charge >= 0.3 is 0 Å². The second-order valence-electron chi connectivity index (χ2n) is 6.20. The van der Waals surface area contributed by atoms with E-state index in [1.807, 2.05) is 37.3 Å². The Morgan fingerprint density at radius 3 is 2.58 bits per heavy atom. The summed E-state index contributed by atoms with van der Waals surface area (Å²) in [6.07, 6.45) is 0.194. The van der Waals surface area contributed by atoms with Crippen LogP contribution in [-0.2, 0) is 9.59 Å². The first kappa shape index (κ1) is 17.7. The molecule has 134 valence electrons. The lowest BCUT2D eigenvalue weighted by atomic mass is 9.94. The van der Waals surface area contributed by atoms with Crippen LogP contribution in [0.4, 0.5) is 5.69 Å². The highest BCUT2D eigenvalue weighted by atomic mass is 16.5. The van der Waals surface area contributed by atoms with Gasteiger partial charge in [-0.1, -0.05) is 37.3 Å². The highest BCUT2D eigenvalue weighted by molar-refractivity contribution is 6.16. The van der Waals surface area contributed by atoms with Crippen molar-refractivity contribution in [2.45, 2.75) is 26.3 Å². The highest BCUT2D eigenvalue weighted by Gasteiger charge is 2.44. The van der Waals surface area contributed by atoms with Gasteiger partial charge in [0.15, 0.2) is 11.5 Å². The summed E-state index contributed by atoms with van der Waals surface area (Å²) in [6.45, 7) is 3.63. The second-order valence-corrected chi connectivity index (χ2v) is 6.20. The third-order valence-corrected chi connectivity index (χ3v) is 4.54. The molecule has 1 unspecified atom stereocenters. The van der Waals surface area contributed by atoms with E-state index in [9.17, 15) is 14.7 Å². The number of rotatable bonds is 5. The standard InChI is InChI=1S/C21H21NO4/c1-4-16(23)18-19(15-10-5-6-11-17(15)26-3)22(21(25)20(18)24)14-9-7-8-13(2)12-14/h5-12,19,24H,4H2,1-3H3. The number of anilines is 1. The van der Waals surface area contributed by atoms with E-state index in [0.29, 0.717) is 17.0 Å². The fraction of sp³-hybridized carbons (Fsp3) is 0.238. The number of hydrogen-bond acceptors (Lipinski definition) is 4. The third kappa shape index (κ3) is 2.86. The molecule has 1 aliphatic rings. The molecule has 26 heavy (non-hydrogen) atoms. The van der Waals surface area contributed by atoms with E-state index in [0.717, 1.165) is 5.56 Å². The zero-order chi connectivity index (χ0) is 18.8. The van der Waals surface area contributed by atoms with Crippen LogP contribution in [0.1, 0.15) is 30.5 Å². The van der Waals surface area contributed by atoms with Gasteiger partial charge in [-0.15, -0.1) is 0 Å². The minimum absolute atomic E-state index is 0.114. The Hall–Kier alpha value is -3.08. The maximum atomic E-state index is 12.9. The number of nitrogens with zero attached hydrogens (tertiary/aromatic N) is 1. The Morgan fingerprint density at radius 2 is 1.92 bits per heavy atom. The highest BCUT2D eigenvalue weighted by Crippen LogP contribution is 2.44. The summed E-state index contributed by atoms with van der Waals surface area (Å²) in [4.78, 5) is 26.9. The molecule has 0 saturated heterocycles. The lowest BCUT2D eigenvalue weighted by Gasteiger charge is -2.28. The molecule has 2 aromatic carbocycles. The molecule has 1 aliphatic heterocycles. The van der Waals surface area contributed by atoms with Gasteiger partial charge in [-0.3, -0.25) is 14.5 Å². The van der Waals surface area contributed by atoms with Crippen molar-refractivity contribution >= 4 is 17.4 Å². The predicted molar refractivity (Wildman–Crippen MR) is 99.4 cm³/mol. The molecule has 0 saturated carbocycles. The molecule has 5 heteroatoms. The van der Waals surface area contributed by atoms with E-state index in [4.69, 9.17) is 4.74 Å². The first-order valence-electron chi connectivity index (χ1n) is 8.49. The van der Waals surface area contributed by atoms with Gasteiger partial charge in [0.25, 0.3) is 5.91 Å². The number of benzene rings is 2. The van der Waals surface area contributed by atoms with Crippen molar-refractivity contribution < 1.29 is 19.4 Å². The SMILES string of the molecule is CCC(=O)C1=C(O)C(=O)N(c2cccc(C)c2)C1c1ccccc1OC. The van der Waals surface area contributed by atoms with Crippen LogP contribution in [0.25, 0.3) is 0 Å². The molecule has 0 bridgehead atoms. The molecule has 0 aliphatic carbocycles. The molecule has 3 rings (SSSR count). The van der Waals surface area contributed by atoms with E-state index in [2.05, 4.69) is 0 Å². The van der Waals surface area contributed by atoms with E-state index in [1.165, 1.54) is 12.0 Å². The van der Waals surface area contributed by atoms with Crippen molar-refractivity contribution in [1.82, 2.24) is 0 Å². The largest absolute Gasteiger partial charge is 0.503 e. The molecule has 1 atom stereocenters. The average Bonchev–Trinajstić information content (AvgIpc) is 2.92. The maximum Gasteiger partial charge on any atom is 0.294 e. The van der Waals surface area contributed by atoms with Gasteiger partial charge in [-0.05, 0) is 30.7 Å². The molecule has 0 aromatic heterocycles. The molecule has 1 amide bonds. The number of ketones is 1. The van der Waals surface area contributed by atoms with E-state index >= 15 is 0 Å². The van der Waals surface area contributed by atoms with Crippen LogP contribution in [0.2, 0.25) is 0 Å². The van der Waals surface area contributed by atoms with Crippen molar-refractivity contribution in [3.8, 4) is 5.75 Å². The number of aryl methyl sites for hydroxylation is 1. The number of aliphatic hydroxyl groups is 1. The summed E-state index contributed by atoms with van der Waals surface area (Å²) in [6, 6.07) is 13.9. The second kappa shape index (κ2) is 7.04. The summed E-state index contributed by atoms with van der Waals surface area (Å²) >= 11 is 0. The van der Waals surface area contributed by atoms with Crippen LogP contribution in [0.15, 0.2) is 59.9 Å². The number of aliphatic hydroxyl groups excluding tert-OH is 1. The summed E-state index contributed by atoms with van der Waals surface area (Å²) < 4.78 is 5.44. The van der Waals surface area contributed by atoms with Gasteiger partial charge in [-0.2, -0.15) is 0 Å². The van der Waals surface area contributed by atoms with Crippen LogP contribution in [0.5, 0.6) is 5.75 Å². The monoisotopic (exact) mass is 351 g/mol. The number of Topliss-reactive ketones (excluding diaryl/α,β-unsaturated/α-hetero) is 1. The van der Waals surface area contributed by atoms with Crippen LogP contribution in [-0.4, -0.2) is 23.9 Å². The molecular weight excluding hydrogens is 330 g/mol. The Morgan fingerprint density at radius 1 is 1.19 bits per heavy atom. The molecule has 0 fully saturated rings. The molecule has 5 nitrogen and oxygen atoms in total. The number of amides is 1. The molecule has 1 heterocycles. The van der Waals surface area contributed by atoms with Crippen molar-refractivity contribution in [2.24, 2.45) is 0 Å². The van der Waals surface area contributed by atoms with Gasteiger partial charge in [0, 0.05) is 17.7 Å². The minimum atomic E-state index is -0.729. The third-order valence-electron chi connectivity index (χ3n) is 4.54. The smallest absolute Gasteiger partial charge is 0.294 e. The van der Waals surface area contributed by atoms with Crippen molar-refractivity contribution in [3.63, 3.8) is 0 Å². The summed E-state index contributed by atoms with van der Waals surface area (Å²) in [5, 5.41) is 10.5. The normalized spacial score (nSPS) is 17.0. The number of ether oxygens (including phenoxy) is 1. The first-order valence-corrected chi connectivity index (χ1v) is 8.49. The summed E-state index contributed by atoms with van der Waals surface area (Å²) in [5.41, 5.74) is 2.37. The quantitative estimate of drug-likeness (QED) is 0.888. The fourth-order valence-electron chi connectivity index (χ4n) is 3.31. The number of carbonyl (C=O) groups excluding carboxylic acids is 2. The number of carbonyl (C=O) groups is 2. The van der Waals surface area contributed by atoms with Crippen molar-refractivity contribution in [2.75, 3.05) is 12.0 Å². The van der Waals surface area contributed by atoms with E-state index in [-0.39, 0.29) is 17.8 Å². The minimum Gasteiger partial charge on any atom is -0.503 e. The Balaban J connectivity index is 2.24. The van der Waals surface area contributed by atoms with Crippen molar-refractivity contribution in [3.05, 3.63) is 71.0 Å². The topological polar surface area (TPSA) is 66.8 Å².